The van der Waals surface area contributed by atoms with Crippen LogP contribution in [0.15, 0.2) is 24.3 Å². The molecule has 0 aliphatic heterocycles. The van der Waals surface area contributed by atoms with Gasteiger partial charge >= 0.3 is 5.97 Å². The summed E-state index contributed by atoms with van der Waals surface area (Å²) in [5.74, 6) is -0.259. The lowest BCUT2D eigenvalue weighted by molar-refractivity contribution is -0.144. The number of nitrogens with two attached hydrogens (primary N) is 1. The summed E-state index contributed by atoms with van der Waals surface area (Å²) in [7, 11) is 0. The number of hydrogen-bond donors (Lipinski definition) is 1. The summed E-state index contributed by atoms with van der Waals surface area (Å²) < 4.78 is 5.23. The lowest BCUT2D eigenvalue weighted by Crippen LogP contribution is -2.16. The minimum atomic E-state index is -0.259. The van der Waals surface area contributed by atoms with Crippen molar-refractivity contribution in [2.45, 2.75) is 25.7 Å². The summed E-state index contributed by atoms with van der Waals surface area (Å²) in [5, 5.41) is 8.67. The van der Waals surface area contributed by atoms with Crippen LogP contribution in [0.2, 0.25) is 0 Å². The van der Waals surface area contributed by atoms with E-state index in [2.05, 4.69) is 6.07 Å². The minimum absolute atomic E-state index is 0.0554. The molecule has 4 nitrogen and oxygen atoms in total. The zero-order valence-electron chi connectivity index (χ0n) is 10.2. The molecule has 0 spiro atoms. The Labute approximate surface area is 106 Å². The molecule has 1 fully saturated rings. The predicted molar refractivity (Wildman–Crippen MR) is 67.4 cm³/mol. The second kappa shape index (κ2) is 5.09. The number of esters is 1. The van der Waals surface area contributed by atoms with Gasteiger partial charge in [0.15, 0.2) is 0 Å². The van der Waals surface area contributed by atoms with E-state index in [1.807, 2.05) is 12.1 Å². The van der Waals surface area contributed by atoms with Gasteiger partial charge in [-0.25, -0.2) is 0 Å². The highest BCUT2D eigenvalue weighted by Gasteiger charge is 2.43. The van der Waals surface area contributed by atoms with Crippen LogP contribution in [0.5, 0.6) is 0 Å². The van der Waals surface area contributed by atoms with Gasteiger partial charge in [0.2, 0.25) is 0 Å². The molecule has 0 bridgehead atoms. The standard InChI is InChI=1S/C14H16N2O2/c15-7-6-14(4-5-14)10-18-13(17)9-11-2-1-3-12(16)8-11/h1-3,8H,4-6,9-10,16H2. The van der Waals surface area contributed by atoms with Crippen LogP contribution < -0.4 is 5.73 Å². The van der Waals surface area contributed by atoms with Crippen molar-refractivity contribution in [1.82, 2.24) is 0 Å². The van der Waals surface area contributed by atoms with Crippen LogP contribution in [0.1, 0.15) is 24.8 Å². The smallest absolute Gasteiger partial charge is 0.310 e. The lowest BCUT2D eigenvalue weighted by Gasteiger charge is -2.11. The van der Waals surface area contributed by atoms with Crippen LogP contribution >= 0.6 is 0 Å². The molecule has 0 saturated heterocycles. The molecule has 2 N–H and O–H groups in total. The van der Waals surface area contributed by atoms with E-state index in [0.29, 0.717) is 18.7 Å². The maximum absolute atomic E-state index is 11.7. The third-order valence-corrected chi connectivity index (χ3v) is 3.25. The Morgan fingerprint density at radius 1 is 1.50 bits per heavy atom. The average Bonchev–Trinajstić information content (AvgIpc) is 3.08. The number of ether oxygens (including phenoxy) is 1. The van der Waals surface area contributed by atoms with Gasteiger partial charge in [0.05, 0.1) is 19.1 Å². The van der Waals surface area contributed by atoms with Crippen molar-refractivity contribution in [3.8, 4) is 6.07 Å². The van der Waals surface area contributed by atoms with Gasteiger partial charge in [0.25, 0.3) is 0 Å². The Balaban J connectivity index is 1.81. The zero-order valence-corrected chi connectivity index (χ0v) is 10.2. The molecule has 1 saturated carbocycles. The molecule has 4 heteroatoms. The van der Waals surface area contributed by atoms with E-state index in [-0.39, 0.29) is 17.8 Å². The number of benzene rings is 1. The van der Waals surface area contributed by atoms with Crippen LogP contribution in [0.25, 0.3) is 0 Å². The fourth-order valence-corrected chi connectivity index (χ4v) is 1.87. The second-order valence-corrected chi connectivity index (χ2v) is 4.92. The Bertz CT molecular complexity index is 487. The van der Waals surface area contributed by atoms with E-state index in [1.165, 1.54) is 0 Å². The third kappa shape index (κ3) is 3.24. The molecule has 2 rings (SSSR count). The molecule has 1 aromatic rings. The highest BCUT2D eigenvalue weighted by Crippen LogP contribution is 2.48. The summed E-state index contributed by atoms with van der Waals surface area (Å²) in [5.41, 5.74) is 7.08. The van der Waals surface area contributed by atoms with Crippen molar-refractivity contribution in [2.75, 3.05) is 12.3 Å². The number of hydrogen-bond acceptors (Lipinski definition) is 4. The Kier molecular flexibility index (Phi) is 3.52. The monoisotopic (exact) mass is 244 g/mol. The van der Waals surface area contributed by atoms with Crippen molar-refractivity contribution >= 4 is 11.7 Å². The van der Waals surface area contributed by atoms with Crippen molar-refractivity contribution in [2.24, 2.45) is 5.41 Å². The van der Waals surface area contributed by atoms with E-state index in [9.17, 15) is 4.79 Å². The van der Waals surface area contributed by atoms with E-state index in [4.69, 9.17) is 15.7 Å². The van der Waals surface area contributed by atoms with Gasteiger partial charge in [-0.05, 0) is 30.5 Å². The van der Waals surface area contributed by atoms with E-state index in [1.54, 1.807) is 12.1 Å². The van der Waals surface area contributed by atoms with Crippen LogP contribution in [-0.2, 0) is 16.0 Å². The SMILES string of the molecule is N#CCC1(COC(=O)Cc2cccc(N)c2)CC1. The molecule has 0 heterocycles. The van der Waals surface area contributed by atoms with E-state index < -0.39 is 0 Å². The topological polar surface area (TPSA) is 76.1 Å². The molecule has 1 aliphatic carbocycles. The Morgan fingerprint density at radius 2 is 2.28 bits per heavy atom. The van der Waals surface area contributed by atoms with Gasteiger partial charge in [-0.2, -0.15) is 5.26 Å². The van der Waals surface area contributed by atoms with Gasteiger partial charge in [0, 0.05) is 17.5 Å². The number of carbonyl (C=O) groups excluding carboxylic acids is 1. The van der Waals surface area contributed by atoms with Crippen molar-refractivity contribution in [3.05, 3.63) is 29.8 Å². The van der Waals surface area contributed by atoms with Crippen LogP contribution in [0.3, 0.4) is 0 Å². The molecule has 0 atom stereocenters. The van der Waals surface area contributed by atoms with E-state index in [0.717, 1.165) is 18.4 Å². The molecule has 0 amide bonds. The lowest BCUT2D eigenvalue weighted by atomic mass is 10.1. The van der Waals surface area contributed by atoms with Gasteiger partial charge < -0.3 is 10.5 Å². The van der Waals surface area contributed by atoms with Crippen molar-refractivity contribution < 1.29 is 9.53 Å². The highest BCUT2D eigenvalue weighted by molar-refractivity contribution is 5.73. The van der Waals surface area contributed by atoms with Crippen LogP contribution in [0, 0.1) is 16.7 Å². The Hall–Kier alpha value is -2.02. The minimum Gasteiger partial charge on any atom is -0.465 e. The molecule has 1 aromatic carbocycles. The average molecular weight is 244 g/mol. The van der Waals surface area contributed by atoms with Gasteiger partial charge in [-0.1, -0.05) is 12.1 Å². The molecular formula is C14H16N2O2. The number of anilines is 1. The van der Waals surface area contributed by atoms with E-state index >= 15 is 0 Å². The Morgan fingerprint density at radius 3 is 2.89 bits per heavy atom. The zero-order chi connectivity index (χ0) is 13.0. The fourth-order valence-electron chi connectivity index (χ4n) is 1.87. The van der Waals surface area contributed by atoms with Crippen LogP contribution in [0.4, 0.5) is 5.69 Å². The third-order valence-electron chi connectivity index (χ3n) is 3.25. The first kappa shape index (κ1) is 12.4. The fraction of sp³-hybridized carbons (Fsp3) is 0.429. The first-order valence-corrected chi connectivity index (χ1v) is 6.01. The number of nitrogen functional groups attached to an aromatic ring is 1. The second-order valence-electron chi connectivity index (χ2n) is 4.92. The number of rotatable bonds is 5. The molecule has 1 aliphatic rings. The molecule has 0 unspecified atom stereocenters. The summed E-state index contributed by atoms with van der Waals surface area (Å²) in [6, 6.07) is 9.35. The summed E-state index contributed by atoms with van der Waals surface area (Å²) in [6.07, 6.45) is 2.66. The number of nitriles is 1. The molecule has 18 heavy (non-hydrogen) atoms. The van der Waals surface area contributed by atoms with Gasteiger partial charge in [0.1, 0.15) is 0 Å². The molecule has 94 valence electrons. The number of nitrogens with zero attached hydrogens (tertiary/aromatic N) is 1. The van der Waals surface area contributed by atoms with Crippen molar-refractivity contribution in [1.29, 1.82) is 5.26 Å². The largest absolute Gasteiger partial charge is 0.465 e. The first-order valence-electron chi connectivity index (χ1n) is 6.01. The van der Waals surface area contributed by atoms with Crippen LogP contribution in [-0.4, -0.2) is 12.6 Å². The predicted octanol–water partition coefficient (Wildman–Crippen LogP) is 2.05. The summed E-state index contributed by atoms with van der Waals surface area (Å²) in [4.78, 5) is 11.7. The maximum atomic E-state index is 11.7. The first-order chi connectivity index (χ1) is 8.63. The highest BCUT2D eigenvalue weighted by atomic mass is 16.5. The molecule has 0 aromatic heterocycles. The summed E-state index contributed by atoms with van der Waals surface area (Å²) in [6.45, 7) is 0.363. The maximum Gasteiger partial charge on any atom is 0.310 e. The normalized spacial score (nSPS) is 15.7. The van der Waals surface area contributed by atoms with Crippen molar-refractivity contribution in [3.63, 3.8) is 0 Å². The van der Waals surface area contributed by atoms with Gasteiger partial charge in [-0.3, -0.25) is 4.79 Å². The van der Waals surface area contributed by atoms with Gasteiger partial charge in [-0.15, -0.1) is 0 Å². The molecule has 0 radical (unpaired) electrons. The number of carbonyl (C=O) groups is 1. The molecular weight excluding hydrogens is 228 g/mol. The quantitative estimate of drug-likeness (QED) is 0.635. The summed E-state index contributed by atoms with van der Waals surface area (Å²) >= 11 is 0.